The Labute approximate surface area is 119 Å². The molecule has 2 N–H and O–H groups in total. The van der Waals surface area contributed by atoms with E-state index < -0.39 is 30.1 Å². The summed E-state index contributed by atoms with van der Waals surface area (Å²) in [6.45, 7) is 6.04. The van der Waals surface area contributed by atoms with Crippen molar-refractivity contribution < 1.29 is 24.4 Å². The molecule has 5 nitrogen and oxygen atoms in total. The second-order valence-electron chi connectivity index (χ2n) is 7.33. The molecule has 1 saturated carbocycles. The maximum absolute atomic E-state index is 10.4. The van der Waals surface area contributed by atoms with Gasteiger partial charge in [0.1, 0.15) is 11.7 Å². The van der Waals surface area contributed by atoms with Crippen molar-refractivity contribution in [2.45, 2.75) is 70.1 Å². The van der Waals surface area contributed by atoms with E-state index in [9.17, 15) is 10.2 Å². The van der Waals surface area contributed by atoms with Crippen molar-refractivity contribution in [3.05, 3.63) is 0 Å². The number of ether oxygens (including phenoxy) is 3. The number of aliphatic hydroxyl groups excluding tert-OH is 2. The third-order valence-electron chi connectivity index (χ3n) is 6.30. The lowest BCUT2D eigenvalue weighted by molar-refractivity contribution is -0.330. The topological polar surface area (TPSA) is 68.2 Å². The lowest BCUT2D eigenvalue weighted by atomic mass is 9.57. The normalized spacial score (nSPS) is 65.0. The Morgan fingerprint density at radius 2 is 1.85 bits per heavy atom. The smallest absolute Gasteiger partial charge is 0.195 e. The summed E-state index contributed by atoms with van der Waals surface area (Å²) in [6, 6.07) is 0. The Morgan fingerprint density at radius 1 is 1.10 bits per heavy atom. The van der Waals surface area contributed by atoms with Crippen LogP contribution in [0.1, 0.15) is 40.0 Å². The maximum atomic E-state index is 10.4. The van der Waals surface area contributed by atoms with Gasteiger partial charge in [0, 0.05) is 11.8 Å². The highest BCUT2D eigenvalue weighted by Crippen LogP contribution is 2.63. The molecule has 0 radical (unpaired) electrons. The van der Waals surface area contributed by atoms with Crippen LogP contribution in [0.2, 0.25) is 0 Å². The summed E-state index contributed by atoms with van der Waals surface area (Å²) in [5.41, 5.74) is -0.496. The van der Waals surface area contributed by atoms with Crippen molar-refractivity contribution in [3.8, 4) is 0 Å². The SMILES string of the molecule is C[C@@H]1CC[C@H]2[C@H](C)C(O)O[C@@H]3O[C@]4(C)O[C@@]32[C@H]1C[C@H]4O. The fourth-order valence-corrected chi connectivity index (χ4v) is 5.09. The Bertz CT molecular complexity index is 424. The molecule has 2 bridgehead atoms. The number of hydrogen-bond donors (Lipinski definition) is 2. The van der Waals surface area contributed by atoms with E-state index in [-0.39, 0.29) is 17.8 Å². The summed E-state index contributed by atoms with van der Waals surface area (Å²) in [5.74, 6) is -0.0399. The van der Waals surface area contributed by atoms with E-state index in [2.05, 4.69) is 6.92 Å². The van der Waals surface area contributed by atoms with Crippen LogP contribution in [-0.2, 0) is 14.2 Å². The number of rotatable bonds is 0. The second-order valence-corrected chi connectivity index (χ2v) is 7.33. The van der Waals surface area contributed by atoms with Crippen molar-refractivity contribution >= 4 is 0 Å². The molecule has 3 aliphatic heterocycles. The highest BCUT2D eigenvalue weighted by Gasteiger charge is 2.73. The highest BCUT2D eigenvalue weighted by molar-refractivity contribution is 5.14. The largest absolute Gasteiger partial charge is 0.388 e. The van der Waals surface area contributed by atoms with Crippen LogP contribution in [0.15, 0.2) is 0 Å². The molecule has 4 fully saturated rings. The molecule has 5 heteroatoms. The van der Waals surface area contributed by atoms with Crippen LogP contribution in [0.25, 0.3) is 0 Å². The van der Waals surface area contributed by atoms with Gasteiger partial charge >= 0.3 is 0 Å². The molecule has 20 heavy (non-hydrogen) atoms. The maximum Gasteiger partial charge on any atom is 0.195 e. The molecular formula is C15H24O5. The van der Waals surface area contributed by atoms with E-state index in [0.29, 0.717) is 12.3 Å². The summed E-state index contributed by atoms with van der Waals surface area (Å²) in [5, 5.41) is 20.5. The van der Waals surface area contributed by atoms with Gasteiger partial charge < -0.3 is 24.4 Å². The lowest BCUT2D eigenvalue weighted by Crippen LogP contribution is -2.67. The minimum atomic E-state index is -1.000. The predicted octanol–water partition coefficient (Wildman–Crippen LogP) is 1.23. The van der Waals surface area contributed by atoms with E-state index >= 15 is 0 Å². The first-order valence-electron chi connectivity index (χ1n) is 7.78. The van der Waals surface area contributed by atoms with Crippen molar-refractivity contribution in [3.63, 3.8) is 0 Å². The summed E-state index contributed by atoms with van der Waals surface area (Å²) in [7, 11) is 0. The quantitative estimate of drug-likeness (QED) is 0.700. The molecule has 4 rings (SSSR count). The Kier molecular flexibility index (Phi) is 2.66. The van der Waals surface area contributed by atoms with Gasteiger partial charge in [0.2, 0.25) is 0 Å². The van der Waals surface area contributed by atoms with Gasteiger partial charge in [-0.2, -0.15) is 0 Å². The van der Waals surface area contributed by atoms with Crippen LogP contribution >= 0.6 is 0 Å². The molecule has 9 atom stereocenters. The van der Waals surface area contributed by atoms with Crippen LogP contribution in [0, 0.1) is 23.7 Å². The van der Waals surface area contributed by atoms with Gasteiger partial charge in [-0.25, -0.2) is 0 Å². The Balaban J connectivity index is 1.83. The molecule has 3 heterocycles. The molecule has 0 aromatic heterocycles. The van der Waals surface area contributed by atoms with Crippen LogP contribution in [0.3, 0.4) is 0 Å². The van der Waals surface area contributed by atoms with Crippen LogP contribution in [0.5, 0.6) is 0 Å². The Hall–Kier alpha value is -0.200. The van der Waals surface area contributed by atoms with Gasteiger partial charge in [-0.3, -0.25) is 0 Å². The van der Waals surface area contributed by atoms with Gasteiger partial charge in [0.05, 0.1) is 0 Å². The monoisotopic (exact) mass is 284 g/mol. The summed E-state index contributed by atoms with van der Waals surface area (Å²) in [6.07, 6.45) is 0.804. The van der Waals surface area contributed by atoms with Crippen LogP contribution in [-0.4, -0.2) is 40.3 Å². The zero-order valence-electron chi connectivity index (χ0n) is 12.3. The number of fused-ring (bicyclic) bond motifs is 1. The third-order valence-corrected chi connectivity index (χ3v) is 6.30. The van der Waals surface area contributed by atoms with Gasteiger partial charge in [-0.05, 0) is 38.0 Å². The molecule has 1 spiro atoms. The second kappa shape index (κ2) is 3.96. The van der Waals surface area contributed by atoms with Crippen LogP contribution in [0.4, 0.5) is 0 Å². The molecule has 0 aromatic carbocycles. The van der Waals surface area contributed by atoms with Crippen LogP contribution < -0.4 is 0 Å². The first kappa shape index (κ1) is 13.5. The van der Waals surface area contributed by atoms with Crippen molar-refractivity contribution in [1.29, 1.82) is 0 Å². The summed E-state index contributed by atoms with van der Waals surface area (Å²) < 4.78 is 18.0. The van der Waals surface area contributed by atoms with E-state index in [4.69, 9.17) is 14.2 Å². The van der Waals surface area contributed by atoms with Crippen molar-refractivity contribution in [1.82, 2.24) is 0 Å². The molecule has 1 aliphatic carbocycles. The van der Waals surface area contributed by atoms with Gasteiger partial charge in [-0.15, -0.1) is 0 Å². The zero-order chi connectivity index (χ0) is 14.3. The predicted molar refractivity (Wildman–Crippen MR) is 69.4 cm³/mol. The van der Waals surface area contributed by atoms with E-state index in [1.165, 1.54) is 0 Å². The highest BCUT2D eigenvalue weighted by atomic mass is 16.9. The third kappa shape index (κ3) is 1.40. The van der Waals surface area contributed by atoms with E-state index in [1.54, 1.807) is 6.92 Å². The molecular weight excluding hydrogens is 260 g/mol. The molecule has 3 saturated heterocycles. The fourth-order valence-electron chi connectivity index (χ4n) is 5.09. The zero-order valence-corrected chi connectivity index (χ0v) is 12.3. The van der Waals surface area contributed by atoms with Gasteiger partial charge in [-0.1, -0.05) is 13.8 Å². The Morgan fingerprint density at radius 3 is 2.60 bits per heavy atom. The average molecular weight is 284 g/mol. The van der Waals surface area contributed by atoms with Crippen molar-refractivity contribution in [2.24, 2.45) is 23.7 Å². The molecule has 1 unspecified atom stereocenters. The lowest BCUT2D eigenvalue weighted by Gasteiger charge is -2.58. The summed E-state index contributed by atoms with van der Waals surface area (Å²) >= 11 is 0. The van der Waals surface area contributed by atoms with Gasteiger partial charge in [0.15, 0.2) is 18.4 Å². The summed E-state index contributed by atoms with van der Waals surface area (Å²) in [4.78, 5) is 0. The molecule has 0 aromatic rings. The minimum Gasteiger partial charge on any atom is -0.388 e. The van der Waals surface area contributed by atoms with E-state index in [0.717, 1.165) is 12.8 Å². The van der Waals surface area contributed by atoms with Gasteiger partial charge in [0.25, 0.3) is 0 Å². The first-order valence-corrected chi connectivity index (χ1v) is 7.78. The van der Waals surface area contributed by atoms with Crippen molar-refractivity contribution in [2.75, 3.05) is 0 Å². The number of aliphatic hydroxyl groups is 2. The average Bonchev–Trinajstić information content (AvgIpc) is 2.64. The standard InChI is InChI=1S/C15H24O5/c1-7-4-5-9-8(2)12(17)18-13-15(9)10(7)6-11(16)14(3,19-13)20-15/h7-13,16-17H,4-6H2,1-3H3/t7-,8+,9+,10+,11-,12?,13-,14-,15+/m1/s1. The molecule has 0 amide bonds. The molecule has 114 valence electrons. The number of hydrogen-bond acceptors (Lipinski definition) is 5. The first-order chi connectivity index (χ1) is 9.38. The minimum absolute atomic E-state index is 0.0300. The van der Waals surface area contributed by atoms with E-state index in [1.807, 2.05) is 6.92 Å². The molecule has 4 aliphatic rings. The fraction of sp³-hybridized carbons (Fsp3) is 1.00.